The van der Waals surface area contributed by atoms with Crippen molar-refractivity contribution in [3.8, 4) is 0 Å². The second-order valence-electron chi connectivity index (χ2n) is 3.15. The van der Waals surface area contributed by atoms with Gasteiger partial charge in [0.15, 0.2) is 0 Å². The van der Waals surface area contributed by atoms with Gasteiger partial charge < -0.3 is 5.32 Å². The van der Waals surface area contributed by atoms with Gasteiger partial charge in [-0.05, 0) is 41.2 Å². The van der Waals surface area contributed by atoms with E-state index in [9.17, 15) is 8.42 Å². The molecule has 0 heterocycles. The molecule has 90 valence electrons. The molecular weight excluding hydrogens is 360 g/mol. The van der Waals surface area contributed by atoms with Gasteiger partial charge in [0.1, 0.15) is 0 Å². The fourth-order valence-electron chi connectivity index (χ4n) is 1.03. The fourth-order valence-corrected chi connectivity index (χ4v) is 3.39. The third kappa shape index (κ3) is 4.40. The standard InChI is InChI=1S/C9H12Br2N2O2S/c1-12-4-5-16(14,15)13-9-3-2-7(10)6-8(9)11/h2-3,6,12-13H,4-5H2,1H3. The van der Waals surface area contributed by atoms with Crippen molar-refractivity contribution in [3.63, 3.8) is 0 Å². The summed E-state index contributed by atoms with van der Waals surface area (Å²) in [4.78, 5) is 0. The molecule has 0 atom stereocenters. The van der Waals surface area contributed by atoms with E-state index in [2.05, 4.69) is 41.9 Å². The van der Waals surface area contributed by atoms with Crippen LogP contribution in [0.5, 0.6) is 0 Å². The second kappa shape index (κ2) is 6.00. The van der Waals surface area contributed by atoms with Crippen LogP contribution < -0.4 is 10.0 Å². The topological polar surface area (TPSA) is 58.2 Å². The number of benzene rings is 1. The summed E-state index contributed by atoms with van der Waals surface area (Å²) >= 11 is 6.60. The number of hydrogen-bond donors (Lipinski definition) is 2. The Kier molecular flexibility index (Phi) is 5.23. The van der Waals surface area contributed by atoms with Gasteiger partial charge in [-0.25, -0.2) is 8.42 Å². The molecule has 0 radical (unpaired) electrons. The van der Waals surface area contributed by atoms with Crippen molar-refractivity contribution in [2.75, 3.05) is 24.1 Å². The zero-order valence-electron chi connectivity index (χ0n) is 8.63. The third-order valence-corrected chi connectivity index (χ3v) is 4.24. The van der Waals surface area contributed by atoms with Gasteiger partial charge in [-0.3, -0.25) is 4.72 Å². The first-order valence-electron chi connectivity index (χ1n) is 4.55. The molecule has 0 aliphatic carbocycles. The van der Waals surface area contributed by atoms with Crippen LogP contribution in [0.25, 0.3) is 0 Å². The summed E-state index contributed by atoms with van der Waals surface area (Å²) in [6, 6.07) is 5.27. The van der Waals surface area contributed by atoms with E-state index in [0.29, 0.717) is 16.7 Å². The van der Waals surface area contributed by atoms with Gasteiger partial charge in [-0.15, -0.1) is 0 Å². The zero-order valence-corrected chi connectivity index (χ0v) is 12.6. The van der Waals surface area contributed by atoms with Crippen molar-refractivity contribution in [2.24, 2.45) is 0 Å². The maximum absolute atomic E-state index is 11.6. The predicted octanol–water partition coefficient (Wildman–Crippen LogP) is 2.17. The van der Waals surface area contributed by atoms with Crippen LogP contribution in [0.15, 0.2) is 27.1 Å². The predicted molar refractivity (Wildman–Crippen MR) is 73.2 cm³/mol. The molecule has 7 heteroatoms. The molecule has 0 spiro atoms. The monoisotopic (exact) mass is 370 g/mol. The Morgan fingerprint density at radius 1 is 1.31 bits per heavy atom. The minimum Gasteiger partial charge on any atom is -0.319 e. The van der Waals surface area contributed by atoms with Crippen molar-refractivity contribution in [2.45, 2.75) is 0 Å². The summed E-state index contributed by atoms with van der Waals surface area (Å²) in [5.41, 5.74) is 0.541. The molecular formula is C9H12Br2N2O2S. The second-order valence-corrected chi connectivity index (χ2v) is 6.76. The maximum atomic E-state index is 11.6. The Labute approximate surface area is 112 Å². The van der Waals surface area contributed by atoms with Gasteiger partial charge in [0, 0.05) is 15.5 Å². The summed E-state index contributed by atoms with van der Waals surface area (Å²) in [6.07, 6.45) is 0. The van der Waals surface area contributed by atoms with Crippen molar-refractivity contribution in [1.82, 2.24) is 5.32 Å². The number of rotatable bonds is 5. The minimum absolute atomic E-state index is 0.0476. The van der Waals surface area contributed by atoms with Crippen LogP contribution in [-0.2, 0) is 10.0 Å². The number of anilines is 1. The number of nitrogens with one attached hydrogen (secondary N) is 2. The summed E-state index contributed by atoms with van der Waals surface area (Å²) in [7, 11) is -1.58. The van der Waals surface area contributed by atoms with E-state index in [1.807, 2.05) is 0 Å². The van der Waals surface area contributed by atoms with Crippen molar-refractivity contribution < 1.29 is 8.42 Å². The van der Waals surface area contributed by atoms with E-state index in [1.165, 1.54) is 0 Å². The first kappa shape index (κ1) is 14.0. The van der Waals surface area contributed by atoms with Crippen molar-refractivity contribution in [1.29, 1.82) is 0 Å². The molecule has 1 aromatic rings. The Morgan fingerprint density at radius 3 is 2.56 bits per heavy atom. The van der Waals surface area contributed by atoms with E-state index >= 15 is 0 Å². The first-order valence-corrected chi connectivity index (χ1v) is 7.78. The summed E-state index contributed by atoms with van der Waals surface area (Å²) < 4.78 is 27.3. The fraction of sp³-hybridized carbons (Fsp3) is 0.333. The Bertz CT molecular complexity index is 463. The quantitative estimate of drug-likeness (QED) is 0.833. The third-order valence-electron chi connectivity index (χ3n) is 1.82. The smallest absolute Gasteiger partial charge is 0.234 e. The molecule has 0 amide bonds. The molecule has 0 saturated carbocycles. The maximum Gasteiger partial charge on any atom is 0.234 e. The van der Waals surface area contributed by atoms with Crippen LogP contribution in [0.3, 0.4) is 0 Å². The average molecular weight is 372 g/mol. The lowest BCUT2D eigenvalue weighted by molar-refractivity contribution is 0.598. The van der Waals surface area contributed by atoms with Crippen LogP contribution in [-0.4, -0.2) is 27.8 Å². The molecule has 4 nitrogen and oxygen atoms in total. The van der Waals surface area contributed by atoms with Crippen LogP contribution in [0, 0.1) is 0 Å². The SMILES string of the molecule is CNCCS(=O)(=O)Nc1ccc(Br)cc1Br. The van der Waals surface area contributed by atoms with Crippen LogP contribution in [0.1, 0.15) is 0 Å². The first-order chi connectivity index (χ1) is 7.44. The molecule has 0 aromatic heterocycles. The van der Waals surface area contributed by atoms with Crippen LogP contribution in [0.4, 0.5) is 5.69 Å². The summed E-state index contributed by atoms with van der Waals surface area (Å²) in [5, 5.41) is 2.79. The molecule has 1 rings (SSSR count). The van der Waals surface area contributed by atoms with Gasteiger partial charge >= 0.3 is 0 Å². The van der Waals surface area contributed by atoms with Gasteiger partial charge in [-0.1, -0.05) is 15.9 Å². The van der Waals surface area contributed by atoms with Crippen molar-refractivity contribution in [3.05, 3.63) is 27.1 Å². The van der Waals surface area contributed by atoms with E-state index in [0.717, 1.165) is 4.47 Å². The molecule has 0 bridgehead atoms. The minimum atomic E-state index is -3.29. The lowest BCUT2D eigenvalue weighted by atomic mass is 10.3. The lowest BCUT2D eigenvalue weighted by Crippen LogP contribution is -2.24. The Balaban J connectivity index is 2.80. The Hall–Kier alpha value is -0.110. The molecule has 0 aliphatic rings. The molecule has 1 aromatic carbocycles. The number of sulfonamides is 1. The molecule has 0 unspecified atom stereocenters. The molecule has 16 heavy (non-hydrogen) atoms. The van der Waals surface area contributed by atoms with Crippen molar-refractivity contribution >= 4 is 47.6 Å². The van der Waals surface area contributed by atoms with Gasteiger partial charge in [-0.2, -0.15) is 0 Å². The molecule has 0 saturated heterocycles. The van der Waals surface area contributed by atoms with Gasteiger partial charge in [0.2, 0.25) is 10.0 Å². The highest BCUT2D eigenvalue weighted by Gasteiger charge is 2.11. The largest absolute Gasteiger partial charge is 0.319 e. The van der Waals surface area contributed by atoms with Crippen LogP contribution >= 0.6 is 31.9 Å². The lowest BCUT2D eigenvalue weighted by Gasteiger charge is -2.09. The molecule has 2 N–H and O–H groups in total. The van der Waals surface area contributed by atoms with E-state index < -0.39 is 10.0 Å². The highest BCUT2D eigenvalue weighted by atomic mass is 79.9. The molecule has 0 fully saturated rings. The molecule has 0 aliphatic heterocycles. The van der Waals surface area contributed by atoms with E-state index in [1.54, 1.807) is 25.2 Å². The van der Waals surface area contributed by atoms with E-state index in [-0.39, 0.29) is 5.75 Å². The normalized spacial score (nSPS) is 11.4. The zero-order chi connectivity index (χ0) is 12.2. The highest BCUT2D eigenvalue weighted by molar-refractivity contribution is 9.11. The summed E-state index contributed by atoms with van der Waals surface area (Å²) in [6.45, 7) is 0.420. The van der Waals surface area contributed by atoms with E-state index in [4.69, 9.17) is 0 Å². The number of hydrogen-bond acceptors (Lipinski definition) is 3. The van der Waals surface area contributed by atoms with Gasteiger partial charge in [0.25, 0.3) is 0 Å². The number of halogens is 2. The Morgan fingerprint density at radius 2 is 2.00 bits per heavy atom. The average Bonchev–Trinajstić information content (AvgIpc) is 2.19. The van der Waals surface area contributed by atoms with Gasteiger partial charge in [0.05, 0.1) is 11.4 Å². The van der Waals surface area contributed by atoms with Crippen LogP contribution in [0.2, 0.25) is 0 Å². The highest BCUT2D eigenvalue weighted by Crippen LogP contribution is 2.26. The summed E-state index contributed by atoms with van der Waals surface area (Å²) in [5.74, 6) is 0.0476.